The summed E-state index contributed by atoms with van der Waals surface area (Å²) < 4.78 is 5.20. The molecule has 17 heavy (non-hydrogen) atoms. The fourth-order valence-electron chi connectivity index (χ4n) is 2.03. The number of rotatable bonds is 4. The van der Waals surface area contributed by atoms with Gasteiger partial charge in [0.2, 0.25) is 11.8 Å². The minimum atomic E-state index is -0.964. The lowest BCUT2D eigenvalue weighted by Gasteiger charge is -2.34. The molecule has 1 aliphatic heterocycles. The average molecular weight is 240 g/mol. The van der Waals surface area contributed by atoms with E-state index in [9.17, 15) is 14.4 Å². The van der Waals surface area contributed by atoms with Crippen LogP contribution in [0.25, 0.3) is 0 Å². The molecule has 6 nitrogen and oxygen atoms in total. The summed E-state index contributed by atoms with van der Waals surface area (Å²) in [5.74, 6) is -0.828. The Bertz CT molecular complexity index is 376. The van der Waals surface area contributed by atoms with E-state index in [1.165, 1.54) is 0 Å². The Hall–Kier alpha value is -1.43. The van der Waals surface area contributed by atoms with Crippen LogP contribution < -0.4 is 5.32 Å². The standard InChI is InChI=1S/C11H16N2O4/c1-3-17-6-7(2)13-9(15)11(4-5-11)8(14)12-10(13)16/h7H,3-6H2,1-2H3,(H,12,14,16). The number of nitrogens with one attached hydrogen (secondary N) is 1. The van der Waals surface area contributed by atoms with Crippen LogP contribution in [0, 0.1) is 5.41 Å². The number of ether oxygens (including phenoxy) is 1. The van der Waals surface area contributed by atoms with Crippen molar-refractivity contribution in [1.29, 1.82) is 0 Å². The fourth-order valence-corrected chi connectivity index (χ4v) is 2.03. The van der Waals surface area contributed by atoms with Gasteiger partial charge in [0.15, 0.2) is 0 Å². The smallest absolute Gasteiger partial charge is 0.331 e. The summed E-state index contributed by atoms with van der Waals surface area (Å²) >= 11 is 0. The summed E-state index contributed by atoms with van der Waals surface area (Å²) in [6.45, 7) is 4.40. The van der Waals surface area contributed by atoms with Gasteiger partial charge in [-0.2, -0.15) is 0 Å². The Labute approximate surface area is 99.3 Å². The monoisotopic (exact) mass is 240 g/mol. The van der Waals surface area contributed by atoms with Crippen molar-refractivity contribution in [3.8, 4) is 0 Å². The minimum absolute atomic E-state index is 0.292. The van der Waals surface area contributed by atoms with E-state index in [0.717, 1.165) is 4.90 Å². The van der Waals surface area contributed by atoms with Gasteiger partial charge in [0.1, 0.15) is 5.41 Å². The minimum Gasteiger partial charge on any atom is -0.380 e. The molecule has 1 atom stereocenters. The van der Waals surface area contributed by atoms with Gasteiger partial charge in [-0.25, -0.2) is 4.79 Å². The van der Waals surface area contributed by atoms with Crippen molar-refractivity contribution >= 4 is 17.8 Å². The van der Waals surface area contributed by atoms with Crippen molar-refractivity contribution in [2.75, 3.05) is 13.2 Å². The lowest BCUT2D eigenvalue weighted by molar-refractivity contribution is -0.146. The van der Waals surface area contributed by atoms with Crippen LogP contribution in [0.1, 0.15) is 26.7 Å². The third kappa shape index (κ3) is 1.82. The normalized spacial score (nSPS) is 23.9. The largest absolute Gasteiger partial charge is 0.380 e. The molecule has 1 spiro atoms. The van der Waals surface area contributed by atoms with Gasteiger partial charge >= 0.3 is 6.03 Å². The van der Waals surface area contributed by atoms with Crippen LogP contribution >= 0.6 is 0 Å². The Morgan fingerprint density at radius 2 is 2.06 bits per heavy atom. The maximum atomic E-state index is 12.1. The Morgan fingerprint density at radius 1 is 1.41 bits per heavy atom. The molecule has 2 aliphatic rings. The molecule has 94 valence electrons. The van der Waals surface area contributed by atoms with E-state index in [0.29, 0.717) is 26.1 Å². The summed E-state index contributed by atoms with van der Waals surface area (Å²) in [4.78, 5) is 36.5. The van der Waals surface area contributed by atoms with Gasteiger partial charge in [-0.15, -0.1) is 0 Å². The second-order valence-electron chi connectivity index (χ2n) is 4.53. The van der Waals surface area contributed by atoms with Crippen LogP contribution in [-0.4, -0.2) is 42.0 Å². The number of carbonyl (C=O) groups is 3. The summed E-state index contributed by atoms with van der Waals surface area (Å²) in [5, 5.41) is 2.24. The Morgan fingerprint density at radius 3 is 2.59 bits per heavy atom. The molecule has 0 aromatic rings. The van der Waals surface area contributed by atoms with Crippen molar-refractivity contribution in [2.45, 2.75) is 32.7 Å². The van der Waals surface area contributed by atoms with Crippen LogP contribution in [0.2, 0.25) is 0 Å². The second-order valence-corrected chi connectivity index (χ2v) is 4.53. The zero-order chi connectivity index (χ0) is 12.6. The molecule has 1 saturated carbocycles. The van der Waals surface area contributed by atoms with Gasteiger partial charge in [0, 0.05) is 6.61 Å². The molecule has 0 radical (unpaired) electrons. The Kier molecular flexibility index (Phi) is 2.91. The maximum Gasteiger partial charge on any atom is 0.331 e. The van der Waals surface area contributed by atoms with Crippen molar-refractivity contribution < 1.29 is 19.1 Å². The SMILES string of the molecule is CCOCC(C)N1C(=O)NC(=O)C2(CC2)C1=O. The van der Waals surface area contributed by atoms with Gasteiger partial charge in [-0.1, -0.05) is 0 Å². The molecule has 1 saturated heterocycles. The molecule has 4 amide bonds. The number of urea groups is 1. The van der Waals surface area contributed by atoms with Gasteiger partial charge in [0.05, 0.1) is 12.6 Å². The summed E-state index contributed by atoms with van der Waals surface area (Å²) in [5.41, 5.74) is -0.964. The number of barbiturate groups is 1. The molecule has 0 aromatic heterocycles. The zero-order valence-electron chi connectivity index (χ0n) is 9.99. The molecule has 1 N–H and O–H groups in total. The van der Waals surface area contributed by atoms with Gasteiger partial charge in [-0.05, 0) is 26.7 Å². The maximum absolute atomic E-state index is 12.1. The van der Waals surface area contributed by atoms with E-state index in [1.807, 2.05) is 6.92 Å². The van der Waals surface area contributed by atoms with Gasteiger partial charge in [-0.3, -0.25) is 19.8 Å². The molecule has 1 unspecified atom stereocenters. The molecule has 1 aliphatic carbocycles. The third-order valence-electron chi connectivity index (χ3n) is 3.26. The van der Waals surface area contributed by atoms with E-state index >= 15 is 0 Å². The molecule has 0 aromatic carbocycles. The first kappa shape index (κ1) is 12.0. The highest BCUT2D eigenvalue weighted by molar-refractivity contribution is 6.21. The number of imide groups is 2. The van der Waals surface area contributed by atoms with Crippen molar-refractivity contribution in [1.82, 2.24) is 10.2 Å². The first-order valence-electron chi connectivity index (χ1n) is 5.79. The first-order valence-corrected chi connectivity index (χ1v) is 5.79. The molecular formula is C11H16N2O4. The highest BCUT2D eigenvalue weighted by Crippen LogP contribution is 2.49. The molecule has 2 rings (SSSR count). The lowest BCUT2D eigenvalue weighted by atomic mass is 10.0. The number of nitrogens with zero attached hydrogens (tertiary/aromatic N) is 1. The van der Waals surface area contributed by atoms with Crippen LogP contribution in [-0.2, 0) is 14.3 Å². The first-order chi connectivity index (χ1) is 8.03. The van der Waals surface area contributed by atoms with Crippen LogP contribution in [0.5, 0.6) is 0 Å². The average Bonchev–Trinajstić information content (AvgIpc) is 3.05. The van der Waals surface area contributed by atoms with E-state index in [1.54, 1.807) is 6.92 Å². The van der Waals surface area contributed by atoms with Crippen molar-refractivity contribution in [3.05, 3.63) is 0 Å². The topological polar surface area (TPSA) is 75.7 Å². The molecular weight excluding hydrogens is 224 g/mol. The predicted molar refractivity (Wildman–Crippen MR) is 58.0 cm³/mol. The van der Waals surface area contributed by atoms with E-state index < -0.39 is 17.4 Å². The van der Waals surface area contributed by atoms with E-state index in [2.05, 4.69) is 5.32 Å². The molecule has 0 bridgehead atoms. The second kappa shape index (κ2) is 4.10. The molecule has 1 heterocycles. The quantitative estimate of drug-likeness (QED) is 0.716. The molecule has 2 fully saturated rings. The number of hydrogen-bond acceptors (Lipinski definition) is 4. The number of hydrogen-bond donors (Lipinski definition) is 1. The van der Waals surface area contributed by atoms with Crippen molar-refractivity contribution in [3.63, 3.8) is 0 Å². The van der Waals surface area contributed by atoms with E-state index in [-0.39, 0.29) is 11.9 Å². The number of carbonyl (C=O) groups excluding carboxylic acids is 3. The van der Waals surface area contributed by atoms with E-state index in [4.69, 9.17) is 4.74 Å². The van der Waals surface area contributed by atoms with Crippen LogP contribution in [0.15, 0.2) is 0 Å². The third-order valence-corrected chi connectivity index (χ3v) is 3.26. The highest BCUT2D eigenvalue weighted by Gasteiger charge is 2.62. The summed E-state index contributed by atoms with van der Waals surface area (Å²) in [7, 11) is 0. The Balaban J connectivity index is 2.13. The summed E-state index contributed by atoms with van der Waals surface area (Å²) in [6.07, 6.45) is 1.06. The van der Waals surface area contributed by atoms with Gasteiger partial charge < -0.3 is 4.74 Å². The lowest BCUT2D eigenvalue weighted by Crippen LogP contribution is -2.62. The fraction of sp³-hybridized carbons (Fsp3) is 0.727. The van der Waals surface area contributed by atoms with Gasteiger partial charge in [0.25, 0.3) is 0 Å². The zero-order valence-corrected chi connectivity index (χ0v) is 9.99. The predicted octanol–water partition coefficient (Wildman–Crippen LogP) is 0.270. The molecule has 6 heteroatoms. The van der Waals surface area contributed by atoms with Crippen molar-refractivity contribution in [2.24, 2.45) is 5.41 Å². The van der Waals surface area contributed by atoms with Crippen LogP contribution in [0.3, 0.4) is 0 Å². The highest BCUT2D eigenvalue weighted by atomic mass is 16.5. The number of amides is 4. The summed E-state index contributed by atoms with van der Waals surface area (Å²) in [6, 6.07) is -0.988. The van der Waals surface area contributed by atoms with Crippen LogP contribution in [0.4, 0.5) is 4.79 Å².